The number of para-hydroxylation sites is 1. The number of hydrogen-bond donors (Lipinski definition) is 0. The van der Waals surface area contributed by atoms with E-state index in [2.05, 4.69) is 102 Å². The number of rotatable bonds is 5. The quantitative estimate of drug-likeness (QED) is 0.185. The number of hydrogen-bond acceptors (Lipinski definition) is 5. The third kappa shape index (κ3) is 4.63. The molecule has 4 heterocycles. The SMILES string of the molecule is c1ccc(-c2cc(-c3ccc(-c4cccc5c4sc4ccccc45)c4oc5ccccc5c34)nc(-c3ccccc3-c3ccccn3)n2)cc1. The molecule has 0 aliphatic rings. The van der Waals surface area contributed by atoms with Crippen molar-refractivity contribution in [3.05, 3.63) is 164 Å². The Bertz CT molecular complexity index is 2870. The van der Waals surface area contributed by atoms with Gasteiger partial charge in [0.05, 0.1) is 17.1 Å². The zero-order valence-electron chi connectivity index (χ0n) is 26.7. The van der Waals surface area contributed by atoms with Gasteiger partial charge in [-0.05, 0) is 36.4 Å². The van der Waals surface area contributed by atoms with E-state index in [4.69, 9.17) is 14.4 Å². The largest absolute Gasteiger partial charge is 0.455 e. The molecule has 0 spiro atoms. The molecule has 5 heteroatoms. The molecule has 0 saturated heterocycles. The first-order chi connectivity index (χ1) is 24.8. The molecular weight excluding hydrogens is 631 g/mol. The first-order valence-electron chi connectivity index (χ1n) is 16.6. The number of pyridine rings is 1. The van der Waals surface area contributed by atoms with E-state index in [0.29, 0.717) is 5.82 Å². The second-order valence-electron chi connectivity index (χ2n) is 12.3. The minimum atomic E-state index is 0.641. The van der Waals surface area contributed by atoms with Crippen LogP contribution in [0.4, 0.5) is 0 Å². The lowest BCUT2D eigenvalue weighted by Gasteiger charge is -2.13. The maximum atomic E-state index is 6.78. The third-order valence-electron chi connectivity index (χ3n) is 9.40. The van der Waals surface area contributed by atoms with E-state index in [1.165, 1.54) is 20.2 Å². The van der Waals surface area contributed by atoms with Crippen molar-refractivity contribution >= 4 is 53.4 Å². The van der Waals surface area contributed by atoms with E-state index in [-0.39, 0.29) is 0 Å². The van der Waals surface area contributed by atoms with Crippen molar-refractivity contribution in [1.29, 1.82) is 0 Å². The molecule has 4 nitrogen and oxygen atoms in total. The van der Waals surface area contributed by atoms with Gasteiger partial charge < -0.3 is 4.42 Å². The third-order valence-corrected chi connectivity index (χ3v) is 10.6. The van der Waals surface area contributed by atoms with E-state index in [9.17, 15) is 0 Å². The van der Waals surface area contributed by atoms with Gasteiger partial charge in [-0.1, -0.05) is 121 Å². The molecule has 0 N–H and O–H groups in total. The monoisotopic (exact) mass is 657 g/mol. The van der Waals surface area contributed by atoms with Crippen molar-refractivity contribution in [2.75, 3.05) is 0 Å². The Kier molecular flexibility index (Phi) is 6.64. The van der Waals surface area contributed by atoms with Crippen molar-refractivity contribution in [2.45, 2.75) is 0 Å². The summed E-state index contributed by atoms with van der Waals surface area (Å²) in [6.07, 6.45) is 1.82. The molecule has 0 fully saturated rings. The molecule has 0 aliphatic carbocycles. The predicted molar refractivity (Wildman–Crippen MR) is 207 cm³/mol. The zero-order chi connectivity index (χ0) is 33.0. The van der Waals surface area contributed by atoms with Crippen LogP contribution in [-0.2, 0) is 0 Å². The Morgan fingerprint density at radius 1 is 0.460 bits per heavy atom. The summed E-state index contributed by atoms with van der Waals surface area (Å²) >= 11 is 1.83. The first kappa shape index (κ1) is 28.6. The van der Waals surface area contributed by atoms with Gasteiger partial charge in [-0.2, -0.15) is 0 Å². The molecule has 10 aromatic rings. The molecule has 0 unspecified atom stereocenters. The lowest BCUT2D eigenvalue weighted by atomic mass is 9.95. The van der Waals surface area contributed by atoms with Gasteiger partial charge in [-0.3, -0.25) is 4.98 Å². The summed E-state index contributed by atoms with van der Waals surface area (Å²) in [6.45, 7) is 0. The zero-order valence-corrected chi connectivity index (χ0v) is 27.6. The second-order valence-corrected chi connectivity index (χ2v) is 13.4. The fourth-order valence-electron chi connectivity index (χ4n) is 7.10. The van der Waals surface area contributed by atoms with Crippen LogP contribution in [0, 0.1) is 0 Å². The van der Waals surface area contributed by atoms with Gasteiger partial charge in [0.1, 0.15) is 11.2 Å². The summed E-state index contributed by atoms with van der Waals surface area (Å²) in [4.78, 5) is 15.2. The lowest BCUT2D eigenvalue weighted by Crippen LogP contribution is -1.98. The van der Waals surface area contributed by atoms with Crippen LogP contribution >= 0.6 is 11.3 Å². The fraction of sp³-hybridized carbons (Fsp3) is 0. The highest BCUT2D eigenvalue weighted by atomic mass is 32.1. The highest BCUT2D eigenvalue weighted by Crippen LogP contribution is 2.46. The second kappa shape index (κ2) is 11.6. The number of aromatic nitrogens is 3. The number of nitrogens with zero attached hydrogens (tertiary/aromatic N) is 3. The summed E-state index contributed by atoms with van der Waals surface area (Å²) in [5.74, 6) is 0.641. The Labute approximate surface area is 292 Å². The van der Waals surface area contributed by atoms with Gasteiger partial charge in [0.2, 0.25) is 0 Å². The molecule has 0 atom stereocenters. The van der Waals surface area contributed by atoms with Crippen LogP contribution in [0.2, 0.25) is 0 Å². The van der Waals surface area contributed by atoms with Crippen molar-refractivity contribution in [3.8, 4) is 56.3 Å². The average molecular weight is 658 g/mol. The molecule has 0 saturated carbocycles. The predicted octanol–water partition coefficient (Wildman–Crippen LogP) is 12.5. The maximum absolute atomic E-state index is 6.78. The molecular formula is C45H27N3OS. The topological polar surface area (TPSA) is 51.8 Å². The van der Waals surface area contributed by atoms with E-state index in [1.807, 2.05) is 78.2 Å². The van der Waals surface area contributed by atoms with Crippen LogP contribution < -0.4 is 0 Å². The lowest BCUT2D eigenvalue weighted by molar-refractivity contribution is 0.670. The highest BCUT2D eigenvalue weighted by molar-refractivity contribution is 7.26. The number of thiophene rings is 1. The van der Waals surface area contributed by atoms with Crippen molar-refractivity contribution in [2.24, 2.45) is 0 Å². The fourth-order valence-corrected chi connectivity index (χ4v) is 8.33. The van der Waals surface area contributed by atoms with Gasteiger partial charge in [0.15, 0.2) is 5.82 Å². The molecule has 0 aliphatic heterocycles. The van der Waals surface area contributed by atoms with Crippen LogP contribution in [0.3, 0.4) is 0 Å². The van der Waals surface area contributed by atoms with E-state index in [1.54, 1.807) is 0 Å². The minimum Gasteiger partial charge on any atom is -0.455 e. The van der Waals surface area contributed by atoms with Crippen molar-refractivity contribution in [3.63, 3.8) is 0 Å². The van der Waals surface area contributed by atoms with Crippen LogP contribution in [0.25, 0.3) is 98.4 Å². The van der Waals surface area contributed by atoms with Gasteiger partial charge in [0.25, 0.3) is 0 Å². The summed E-state index contributed by atoms with van der Waals surface area (Å²) in [7, 11) is 0. The summed E-state index contributed by atoms with van der Waals surface area (Å²) in [5.41, 5.74) is 10.4. The van der Waals surface area contributed by atoms with Gasteiger partial charge >= 0.3 is 0 Å². The van der Waals surface area contributed by atoms with Crippen LogP contribution in [0.5, 0.6) is 0 Å². The molecule has 50 heavy (non-hydrogen) atoms. The van der Waals surface area contributed by atoms with Crippen molar-refractivity contribution < 1.29 is 4.42 Å². The molecule has 0 amide bonds. The Morgan fingerprint density at radius 2 is 1.16 bits per heavy atom. The Hall–Kier alpha value is -6.43. The molecule has 4 aromatic heterocycles. The number of furan rings is 1. The summed E-state index contributed by atoms with van der Waals surface area (Å²) < 4.78 is 9.32. The smallest absolute Gasteiger partial charge is 0.161 e. The van der Waals surface area contributed by atoms with Crippen molar-refractivity contribution in [1.82, 2.24) is 15.0 Å². The number of fused-ring (bicyclic) bond motifs is 6. The summed E-state index contributed by atoms with van der Waals surface area (Å²) in [6, 6.07) is 54.5. The normalized spacial score (nSPS) is 11.6. The molecule has 10 rings (SSSR count). The summed E-state index contributed by atoms with van der Waals surface area (Å²) in [5, 5.41) is 4.63. The molecule has 234 valence electrons. The van der Waals surface area contributed by atoms with Crippen LogP contribution in [0.1, 0.15) is 0 Å². The Balaban J connectivity index is 1.25. The average Bonchev–Trinajstić information content (AvgIpc) is 3.77. The first-order valence-corrected chi connectivity index (χ1v) is 17.4. The highest BCUT2D eigenvalue weighted by Gasteiger charge is 2.22. The van der Waals surface area contributed by atoms with Gasteiger partial charge in [0, 0.05) is 70.5 Å². The van der Waals surface area contributed by atoms with Gasteiger partial charge in [-0.25, -0.2) is 9.97 Å². The van der Waals surface area contributed by atoms with Crippen LogP contribution in [-0.4, -0.2) is 15.0 Å². The number of benzene rings is 6. The minimum absolute atomic E-state index is 0.641. The molecule has 0 bridgehead atoms. The standard InChI is InChI=1S/C45H27N3OS/c1-2-13-28(14-3-1)38-27-39(48-45(47-38)34-17-5-4-15-29(34)37-21-10-11-26-46-37)35-25-24-31(43-42(35)36-18-6-8-22-40(36)49-43)33-20-12-19-32-30-16-7-9-23-41(30)50-44(32)33/h1-27H. The maximum Gasteiger partial charge on any atom is 0.161 e. The molecule has 0 radical (unpaired) electrons. The van der Waals surface area contributed by atoms with E-state index in [0.717, 1.165) is 72.4 Å². The van der Waals surface area contributed by atoms with E-state index < -0.39 is 0 Å². The van der Waals surface area contributed by atoms with Gasteiger partial charge in [-0.15, -0.1) is 11.3 Å². The van der Waals surface area contributed by atoms with E-state index >= 15 is 0 Å². The Morgan fingerprint density at radius 3 is 2.04 bits per heavy atom. The van der Waals surface area contributed by atoms with Crippen LogP contribution in [0.15, 0.2) is 168 Å². The molecule has 6 aromatic carbocycles.